The van der Waals surface area contributed by atoms with Gasteiger partial charge in [-0.05, 0) is 48.7 Å². The Labute approximate surface area is 181 Å². The molecule has 2 heterocycles. The number of para-hydroxylation sites is 1. The molecule has 30 heavy (non-hydrogen) atoms. The SMILES string of the molecule is CCCc1cccnc1-c1ccc2c(c1)N(C(CC)S(=O)(=O)[O-])c1ccccc1S2. The van der Waals surface area contributed by atoms with E-state index < -0.39 is 15.5 Å². The van der Waals surface area contributed by atoms with Crippen LogP contribution in [0.4, 0.5) is 11.4 Å². The summed E-state index contributed by atoms with van der Waals surface area (Å²) in [6.07, 6.45) is 3.88. The third-order valence-corrected chi connectivity index (χ3v) is 7.56. The first-order valence-electron chi connectivity index (χ1n) is 10.0. The Morgan fingerprint density at radius 3 is 2.53 bits per heavy atom. The van der Waals surface area contributed by atoms with E-state index in [1.54, 1.807) is 29.8 Å². The van der Waals surface area contributed by atoms with E-state index in [2.05, 4.69) is 18.0 Å². The maximum absolute atomic E-state index is 12.2. The Kier molecular flexibility index (Phi) is 5.86. The Balaban J connectivity index is 1.91. The molecule has 1 aliphatic heterocycles. The van der Waals surface area contributed by atoms with Gasteiger partial charge in [-0.3, -0.25) is 4.98 Å². The van der Waals surface area contributed by atoms with Crippen molar-refractivity contribution >= 4 is 33.3 Å². The molecular formula is C23H23N2O3S2-. The van der Waals surface area contributed by atoms with Crippen LogP contribution < -0.4 is 4.90 Å². The van der Waals surface area contributed by atoms with Crippen LogP contribution in [0.5, 0.6) is 0 Å². The third kappa shape index (κ3) is 3.85. The Morgan fingerprint density at radius 1 is 1.03 bits per heavy atom. The lowest BCUT2D eigenvalue weighted by Gasteiger charge is -2.39. The van der Waals surface area contributed by atoms with Gasteiger partial charge in [0.25, 0.3) is 0 Å². The van der Waals surface area contributed by atoms with Crippen molar-refractivity contribution in [3.8, 4) is 11.3 Å². The van der Waals surface area contributed by atoms with E-state index in [-0.39, 0.29) is 6.42 Å². The number of pyridine rings is 1. The highest BCUT2D eigenvalue weighted by atomic mass is 32.2. The summed E-state index contributed by atoms with van der Waals surface area (Å²) in [5.41, 5.74) is 4.44. The minimum Gasteiger partial charge on any atom is -0.746 e. The van der Waals surface area contributed by atoms with E-state index >= 15 is 0 Å². The van der Waals surface area contributed by atoms with Crippen LogP contribution in [0.15, 0.2) is 70.6 Å². The van der Waals surface area contributed by atoms with E-state index in [4.69, 9.17) is 0 Å². The average molecular weight is 440 g/mol. The number of hydrogen-bond acceptors (Lipinski definition) is 6. The van der Waals surface area contributed by atoms with Gasteiger partial charge in [-0.1, -0.05) is 56.3 Å². The van der Waals surface area contributed by atoms with Crippen molar-refractivity contribution in [1.82, 2.24) is 4.98 Å². The van der Waals surface area contributed by atoms with Crippen LogP contribution in [-0.4, -0.2) is 23.3 Å². The first-order chi connectivity index (χ1) is 14.4. The van der Waals surface area contributed by atoms with Crippen molar-refractivity contribution in [2.75, 3.05) is 4.90 Å². The Hall–Kier alpha value is -2.35. The van der Waals surface area contributed by atoms with Crippen LogP contribution in [0.3, 0.4) is 0 Å². The van der Waals surface area contributed by atoms with Gasteiger partial charge in [0.2, 0.25) is 0 Å². The standard InChI is InChI=1S/C23H24N2O3S2/c1-3-8-16-9-7-14-24-23(16)17-12-13-21-19(15-17)25(22(4-2)30(26,27)28)18-10-5-6-11-20(18)29-21/h5-7,9-15,22H,3-4,8H2,1-2H3,(H,26,27,28)/p-1. The summed E-state index contributed by atoms with van der Waals surface area (Å²) < 4.78 is 36.5. The van der Waals surface area contributed by atoms with Crippen molar-refractivity contribution in [2.45, 2.75) is 48.3 Å². The zero-order valence-corrected chi connectivity index (χ0v) is 18.5. The highest BCUT2D eigenvalue weighted by molar-refractivity contribution is 7.99. The predicted molar refractivity (Wildman–Crippen MR) is 120 cm³/mol. The van der Waals surface area contributed by atoms with E-state index in [0.29, 0.717) is 0 Å². The molecule has 1 aromatic heterocycles. The highest BCUT2D eigenvalue weighted by Gasteiger charge is 2.32. The predicted octanol–water partition coefficient (Wildman–Crippen LogP) is 5.59. The first-order valence-corrected chi connectivity index (χ1v) is 12.3. The summed E-state index contributed by atoms with van der Waals surface area (Å²) in [6.45, 7) is 3.86. The summed E-state index contributed by atoms with van der Waals surface area (Å²) >= 11 is 1.58. The lowest BCUT2D eigenvalue weighted by atomic mass is 10.0. The lowest BCUT2D eigenvalue weighted by Crippen LogP contribution is -2.38. The molecule has 2 aromatic carbocycles. The van der Waals surface area contributed by atoms with Gasteiger partial charge >= 0.3 is 0 Å². The van der Waals surface area contributed by atoms with Crippen molar-refractivity contribution < 1.29 is 13.0 Å². The number of aryl methyl sites for hydroxylation is 1. The topological polar surface area (TPSA) is 73.3 Å². The van der Waals surface area contributed by atoms with Gasteiger partial charge in [0.1, 0.15) is 15.5 Å². The fourth-order valence-corrected chi connectivity index (χ4v) is 5.87. The molecule has 156 valence electrons. The quantitative estimate of drug-likeness (QED) is 0.467. The number of fused-ring (bicyclic) bond motifs is 2. The van der Waals surface area contributed by atoms with Crippen molar-refractivity contribution in [2.24, 2.45) is 0 Å². The van der Waals surface area contributed by atoms with Crippen LogP contribution in [0.1, 0.15) is 32.3 Å². The number of aromatic nitrogens is 1. The number of hydrogen-bond donors (Lipinski definition) is 0. The monoisotopic (exact) mass is 439 g/mol. The molecule has 1 atom stereocenters. The Bertz CT molecular complexity index is 1180. The minimum absolute atomic E-state index is 0.194. The van der Waals surface area contributed by atoms with Crippen molar-refractivity contribution in [1.29, 1.82) is 0 Å². The lowest BCUT2D eigenvalue weighted by molar-refractivity contribution is 0.445. The zero-order chi connectivity index (χ0) is 21.3. The van der Waals surface area contributed by atoms with Crippen molar-refractivity contribution in [3.05, 3.63) is 66.4 Å². The van der Waals surface area contributed by atoms with Crippen LogP contribution >= 0.6 is 11.8 Å². The van der Waals surface area contributed by atoms with Gasteiger partial charge < -0.3 is 9.45 Å². The summed E-state index contributed by atoms with van der Waals surface area (Å²) in [6, 6.07) is 17.6. The molecule has 0 fully saturated rings. The molecule has 0 saturated carbocycles. The largest absolute Gasteiger partial charge is 0.746 e. The van der Waals surface area contributed by atoms with Crippen LogP contribution in [0.2, 0.25) is 0 Å². The molecule has 0 saturated heterocycles. The molecule has 0 N–H and O–H groups in total. The second-order valence-electron chi connectivity index (χ2n) is 7.24. The maximum Gasteiger partial charge on any atom is 0.124 e. The molecule has 4 rings (SSSR count). The zero-order valence-electron chi connectivity index (χ0n) is 16.9. The summed E-state index contributed by atoms with van der Waals surface area (Å²) in [7, 11) is -4.54. The fraction of sp³-hybridized carbons (Fsp3) is 0.261. The van der Waals surface area contributed by atoms with E-state index in [9.17, 15) is 13.0 Å². The molecule has 5 nitrogen and oxygen atoms in total. The maximum atomic E-state index is 12.2. The molecule has 7 heteroatoms. The third-order valence-electron chi connectivity index (χ3n) is 5.22. The second kappa shape index (κ2) is 8.41. The van der Waals surface area contributed by atoms with Crippen LogP contribution in [0, 0.1) is 0 Å². The van der Waals surface area contributed by atoms with Gasteiger partial charge in [-0.2, -0.15) is 0 Å². The molecular weight excluding hydrogens is 416 g/mol. The average Bonchev–Trinajstić information content (AvgIpc) is 2.73. The molecule has 1 aliphatic rings. The van der Waals surface area contributed by atoms with E-state index in [0.717, 1.165) is 50.8 Å². The second-order valence-corrected chi connectivity index (χ2v) is 9.85. The van der Waals surface area contributed by atoms with E-state index in [1.807, 2.05) is 48.5 Å². The molecule has 0 aliphatic carbocycles. The molecule has 3 aromatic rings. The van der Waals surface area contributed by atoms with Gasteiger partial charge in [0, 0.05) is 21.6 Å². The summed E-state index contributed by atoms with van der Waals surface area (Å²) in [5, 5.41) is -1.17. The molecule has 0 radical (unpaired) electrons. The number of rotatable bonds is 6. The molecule has 0 spiro atoms. The van der Waals surface area contributed by atoms with Gasteiger partial charge in [-0.25, -0.2) is 8.42 Å². The Morgan fingerprint density at radius 2 is 1.80 bits per heavy atom. The van der Waals surface area contributed by atoms with Crippen LogP contribution in [0.25, 0.3) is 11.3 Å². The summed E-state index contributed by atoms with van der Waals surface area (Å²) in [4.78, 5) is 8.14. The number of nitrogens with zero attached hydrogens (tertiary/aromatic N) is 2. The van der Waals surface area contributed by atoms with Crippen LogP contribution in [-0.2, 0) is 16.5 Å². The minimum atomic E-state index is -4.54. The van der Waals surface area contributed by atoms with Gasteiger partial charge in [0.05, 0.1) is 17.1 Å². The van der Waals surface area contributed by atoms with E-state index in [1.165, 1.54) is 0 Å². The molecule has 0 bridgehead atoms. The first kappa shape index (κ1) is 20.9. The molecule has 0 amide bonds. The van der Waals surface area contributed by atoms with Gasteiger partial charge in [-0.15, -0.1) is 0 Å². The smallest absolute Gasteiger partial charge is 0.124 e. The molecule has 1 unspecified atom stereocenters. The number of benzene rings is 2. The normalized spacial score (nSPS) is 14.2. The highest BCUT2D eigenvalue weighted by Crippen LogP contribution is 2.50. The number of anilines is 2. The van der Waals surface area contributed by atoms with Gasteiger partial charge in [0.15, 0.2) is 0 Å². The fourth-order valence-electron chi connectivity index (χ4n) is 3.93. The summed E-state index contributed by atoms with van der Waals surface area (Å²) in [5.74, 6) is 0. The van der Waals surface area contributed by atoms with Crippen molar-refractivity contribution in [3.63, 3.8) is 0 Å².